The van der Waals surface area contributed by atoms with Gasteiger partial charge in [-0.15, -0.1) is 0 Å². The Morgan fingerprint density at radius 1 is 1.18 bits per heavy atom. The van der Waals surface area contributed by atoms with Crippen LogP contribution in [0.3, 0.4) is 0 Å². The molecule has 2 rings (SSSR count). The summed E-state index contributed by atoms with van der Waals surface area (Å²) in [6.45, 7) is 0. The van der Waals surface area contributed by atoms with Crippen molar-refractivity contribution in [2.75, 3.05) is 6.29 Å². The van der Waals surface area contributed by atoms with E-state index in [1.54, 1.807) is 0 Å². The first-order chi connectivity index (χ1) is 8.02. The van der Waals surface area contributed by atoms with E-state index in [1.165, 1.54) is 0 Å². The van der Waals surface area contributed by atoms with Crippen LogP contribution in [0.25, 0.3) is 0 Å². The fourth-order valence-electron chi connectivity index (χ4n) is 2.56. The summed E-state index contributed by atoms with van der Waals surface area (Å²) in [7, 11) is -3.99. The largest absolute Gasteiger partial charge is 0.339 e. The van der Waals surface area contributed by atoms with Crippen LogP contribution in [0.4, 0.5) is 0 Å². The first-order valence-corrected chi connectivity index (χ1v) is 7.67. The van der Waals surface area contributed by atoms with Crippen LogP contribution in [-0.4, -0.2) is 16.1 Å². The highest BCUT2D eigenvalue weighted by Gasteiger charge is 2.36. The maximum Gasteiger partial charge on any atom is 0.339 e. The van der Waals surface area contributed by atoms with Gasteiger partial charge in [0, 0.05) is 5.54 Å². The molecular weight excluding hydrogens is 237 g/mol. The summed E-state index contributed by atoms with van der Waals surface area (Å²) in [5.74, 6) is 0. The van der Waals surface area contributed by atoms with Gasteiger partial charge in [0.1, 0.15) is 0 Å². The number of hydrogen-bond donors (Lipinski definition) is 3. The first kappa shape index (κ1) is 12.8. The molecule has 0 aliphatic heterocycles. The van der Waals surface area contributed by atoms with E-state index in [0.29, 0.717) is 0 Å². The molecule has 1 aliphatic carbocycles. The Morgan fingerprint density at radius 3 is 2.29 bits per heavy atom. The molecule has 3 N–H and O–H groups in total. The third kappa shape index (κ3) is 3.17. The molecular formula is C12H18NO3P. The molecule has 5 heteroatoms. The van der Waals surface area contributed by atoms with Gasteiger partial charge in [-0.1, -0.05) is 43.2 Å². The third-order valence-corrected chi connectivity index (χ3v) is 3.98. The van der Waals surface area contributed by atoms with Gasteiger partial charge in [-0.2, -0.15) is 0 Å². The minimum atomic E-state index is -3.99. The van der Waals surface area contributed by atoms with Crippen LogP contribution in [0, 0.1) is 0 Å². The van der Waals surface area contributed by atoms with Crippen LogP contribution < -0.4 is 5.32 Å². The Bertz CT molecular complexity index is 409. The smallest absolute Gasteiger partial charge is 0.324 e. The average Bonchev–Trinajstić information content (AvgIpc) is 2.77. The van der Waals surface area contributed by atoms with Crippen molar-refractivity contribution in [1.82, 2.24) is 5.32 Å². The number of hydrogen-bond acceptors (Lipinski definition) is 2. The number of benzene rings is 1. The minimum Gasteiger partial charge on any atom is -0.324 e. The Labute approximate surface area is 101 Å². The SMILES string of the molecule is O=P(O)(O)CNC1(c2ccccc2)CCCC1. The molecule has 1 aromatic carbocycles. The molecule has 0 saturated heterocycles. The van der Waals surface area contributed by atoms with Crippen molar-refractivity contribution >= 4 is 7.60 Å². The third-order valence-electron chi connectivity index (χ3n) is 3.41. The molecule has 94 valence electrons. The van der Waals surface area contributed by atoms with E-state index in [0.717, 1.165) is 31.2 Å². The second-order valence-electron chi connectivity index (χ2n) is 4.65. The monoisotopic (exact) mass is 255 g/mol. The Balaban J connectivity index is 2.19. The van der Waals surface area contributed by atoms with Crippen LogP contribution in [0.1, 0.15) is 31.2 Å². The average molecular weight is 255 g/mol. The lowest BCUT2D eigenvalue weighted by atomic mass is 9.88. The van der Waals surface area contributed by atoms with Crippen LogP contribution >= 0.6 is 7.60 Å². The molecule has 0 aromatic heterocycles. The van der Waals surface area contributed by atoms with Crippen molar-refractivity contribution < 1.29 is 14.4 Å². The highest BCUT2D eigenvalue weighted by molar-refractivity contribution is 7.51. The van der Waals surface area contributed by atoms with Gasteiger partial charge < -0.3 is 9.79 Å². The molecule has 0 heterocycles. The Morgan fingerprint density at radius 2 is 1.76 bits per heavy atom. The quantitative estimate of drug-likeness (QED) is 0.721. The van der Waals surface area contributed by atoms with Gasteiger partial charge in [-0.25, -0.2) is 0 Å². The van der Waals surface area contributed by atoms with Gasteiger partial charge in [-0.05, 0) is 18.4 Å². The summed E-state index contributed by atoms with van der Waals surface area (Å²) in [4.78, 5) is 18.0. The van der Waals surface area contributed by atoms with Crippen LogP contribution in [0.2, 0.25) is 0 Å². The van der Waals surface area contributed by atoms with Gasteiger partial charge >= 0.3 is 7.60 Å². The first-order valence-electron chi connectivity index (χ1n) is 5.87. The predicted octanol–water partition coefficient (Wildman–Crippen LogP) is 2.18. The van der Waals surface area contributed by atoms with Crippen LogP contribution in [0.15, 0.2) is 30.3 Å². The standard InChI is InChI=1S/C12H18NO3P/c14-17(15,16)10-13-12(8-4-5-9-12)11-6-2-1-3-7-11/h1-3,6-7,13H,4-5,8-10H2,(H2,14,15,16). The molecule has 1 aromatic rings. The predicted molar refractivity (Wildman–Crippen MR) is 66.6 cm³/mol. The summed E-state index contributed by atoms with van der Waals surface area (Å²) < 4.78 is 11.0. The summed E-state index contributed by atoms with van der Waals surface area (Å²) in [6, 6.07) is 9.94. The lowest BCUT2D eigenvalue weighted by Crippen LogP contribution is -2.40. The molecule has 1 fully saturated rings. The van der Waals surface area contributed by atoms with Gasteiger partial charge in [-0.3, -0.25) is 9.88 Å². The maximum absolute atomic E-state index is 11.0. The van der Waals surface area contributed by atoms with E-state index in [9.17, 15) is 4.57 Å². The van der Waals surface area contributed by atoms with E-state index in [2.05, 4.69) is 5.32 Å². The van der Waals surface area contributed by atoms with E-state index < -0.39 is 7.60 Å². The second kappa shape index (κ2) is 4.91. The topological polar surface area (TPSA) is 69.6 Å². The van der Waals surface area contributed by atoms with E-state index in [1.807, 2.05) is 30.3 Å². The lowest BCUT2D eigenvalue weighted by molar-refractivity contribution is 0.324. The fraction of sp³-hybridized carbons (Fsp3) is 0.500. The number of rotatable bonds is 4. The van der Waals surface area contributed by atoms with Gasteiger partial charge in [0.2, 0.25) is 0 Å². The van der Waals surface area contributed by atoms with Crippen molar-refractivity contribution in [3.05, 3.63) is 35.9 Å². The Kier molecular flexibility index (Phi) is 3.69. The molecule has 1 aliphatic rings. The van der Waals surface area contributed by atoms with Crippen molar-refractivity contribution in [3.63, 3.8) is 0 Å². The van der Waals surface area contributed by atoms with Gasteiger partial charge in [0.05, 0.1) is 6.29 Å². The van der Waals surface area contributed by atoms with Crippen molar-refractivity contribution in [2.45, 2.75) is 31.2 Å². The van der Waals surface area contributed by atoms with Gasteiger partial charge in [0.15, 0.2) is 0 Å². The molecule has 0 radical (unpaired) electrons. The van der Waals surface area contributed by atoms with Crippen molar-refractivity contribution in [2.24, 2.45) is 0 Å². The van der Waals surface area contributed by atoms with Crippen LogP contribution in [0.5, 0.6) is 0 Å². The molecule has 0 bridgehead atoms. The van der Waals surface area contributed by atoms with Crippen molar-refractivity contribution in [1.29, 1.82) is 0 Å². The molecule has 0 unspecified atom stereocenters. The van der Waals surface area contributed by atoms with Crippen molar-refractivity contribution in [3.8, 4) is 0 Å². The normalized spacial score (nSPS) is 19.4. The molecule has 17 heavy (non-hydrogen) atoms. The van der Waals surface area contributed by atoms with E-state index in [-0.39, 0.29) is 11.8 Å². The Hall–Kier alpha value is -0.670. The van der Waals surface area contributed by atoms with E-state index in [4.69, 9.17) is 9.79 Å². The highest BCUT2D eigenvalue weighted by Crippen LogP contribution is 2.41. The zero-order chi connectivity index (χ0) is 12.4. The maximum atomic E-state index is 11.0. The second-order valence-corrected chi connectivity index (χ2v) is 6.30. The fourth-order valence-corrected chi connectivity index (χ4v) is 3.07. The molecule has 0 amide bonds. The molecule has 0 atom stereocenters. The highest BCUT2D eigenvalue weighted by atomic mass is 31.2. The zero-order valence-electron chi connectivity index (χ0n) is 9.67. The zero-order valence-corrected chi connectivity index (χ0v) is 10.6. The molecule has 1 saturated carbocycles. The summed E-state index contributed by atoms with van der Waals surface area (Å²) >= 11 is 0. The summed E-state index contributed by atoms with van der Waals surface area (Å²) in [5, 5.41) is 3.09. The van der Waals surface area contributed by atoms with Crippen LogP contribution in [-0.2, 0) is 10.1 Å². The minimum absolute atomic E-state index is 0.248. The van der Waals surface area contributed by atoms with E-state index >= 15 is 0 Å². The summed E-state index contributed by atoms with van der Waals surface area (Å²) in [6.07, 6.45) is 3.84. The molecule has 0 spiro atoms. The lowest BCUT2D eigenvalue weighted by Gasteiger charge is -2.31. The molecule has 4 nitrogen and oxygen atoms in total. The summed E-state index contributed by atoms with van der Waals surface area (Å²) in [5.41, 5.74) is 0.883. The number of nitrogens with one attached hydrogen (secondary N) is 1. The van der Waals surface area contributed by atoms with Gasteiger partial charge in [0.25, 0.3) is 0 Å².